The Balaban J connectivity index is 2.12. The molecule has 0 aliphatic heterocycles. The van der Waals surface area contributed by atoms with Crippen molar-refractivity contribution in [1.29, 1.82) is 0 Å². The molecule has 3 rings (SSSR count). The Morgan fingerprint density at radius 1 is 1.25 bits per heavy atom. The molecule has 1 atom stereocenters. The first-order valence-corrected chi connectivity index (χ1v) is 7.43. The van der Waals surface area contributed by atoms with Gasteiger partial charge in [0.15, 0.2) is 0 Å². The number of aromatic nitrogens is 2. The number of aryl methyl sites for hydroxylation is 1. The van der Waals surface area contributed by atoms with Crippen molar-refractivity contribution < 1.29 is 4.92 Å². The molecule has 0 radical (unpaired) electrons. The summed E-state index contributed by atoms with van der Waals surface area (Å²) in [6.45, 7) is 1.92. The van der Waals surface area contributed by atoms with Crippen molar-refractivity contribution in [2.75, 3.05) is 5.32 Å². The number of rotatable bonds is 4. The normalized spacial score (nSPS) is 12.1. The van der Waals surface area contributed by atoms with Crippen LogP contribution < -0.4 is 10.9 Å². The van der Waals surface area contributed by atoms with E-state index in [0.29, 0.717) is 16.6 Å². The summed E-state index contributed by atoms with van der Waals surface area (Å²) in [4.78, 5) is 27.1. The molecule has 2 heterocycles. The zero-order chi connectivity index (χ0) is 17.3. The fourth-order valence-electron chi connectivity index (χ4n) is 2.62. The van der Waals surface area contributed by atoms with Gasteiger partial charge in [0.1, 0.15) is 0 Å². The molecule has 0 fully saturated rings. The Bertz CT molecular complexity index is 967. The molecule has 0 aliphatic rings. The third-order valence-corrected chi connectivity index (χ3v) is 3.94. The fraction of sp³-hybridized carbons (Fsp3) is 0.176. The Kier molecular flexibility index (Phi) is 3.99. The highest BCUT2D eigenvalue weighted by atomic mass is 16.6. The Hall–Kier alpha value is -3.22. The molecule has 122 valence electrons. The minimum Gasteiger partial charge on any atom is -0.376 e. The highest BCUT2D eigenvalue weighted by Crippen LogP contribution is 2.28. The molecule has 24 heavy (non-hydrogen) atoms. The predicted molar refractivity (Wildman–Crippen MR) is 92.1 cm³/mol. The van der Waals surface area contributed by atoms with E-state index >= 15 is 0 Å². The first-order chi connectivity index (χ1) is 11.5. The maximum absolute atomic E-state index is 12.2. The summed E-state index contributed by atoms with van der Waals surface area (Å²) in [5.41, 5.74) is 1.79. The predicted octanol–water partition coefficient (Wildman–Crippen LogP) is 3.01. The van der Waals surface area contributed by atoms with E-state index in [4.69, 9.17) is 0 Å². The van der Waals surface area contributed by atoms with Gasteiger partial charge >= 0.3 is 0 Å². The quantitative estimate of drug-likeness (QED) is 0.588. The Morgan fingerprint density at radius 3 is 2.71 bits per heavy atom. The third-order valence-electron chi connectivity index (χ3n) is 3.94. The zero-order valence-electron chi connectivity index (χ0n) is 13.3. The summed E-state index contributed by atoms with van der Waals surface area (Å²) in [5.74, 6) is 0. The molecule has 0 aliphatic carbocycles. The minimum absolute atomic E-state index is 0.0188. The van der Waals surface area contributed by atoms with E-state index in [9.17, 15) is 14.9 Å². The summed E-state index contributed by atoms with van der Waals surface area (Å²) in [7, 11) is 1.64. The molecule has 0 bridgehead atoms. The van der Waals surface area contributed by atoms with Crippen LogP contribution in [0.1, 0.15) is 18.7 Å². The standard InChI is InChI=1S/C17H16N4O3/c1-11(14-5-3-4-8-18-14)19-15-10-17(22)20(2)16-7-6-12(21(23)24)9-13(15)16/h3-11,19H,1-2H3. The second-order valence-corrected chi connectivity index (χ2v) is 5.53. The van der Waals surface area contributed by atoms with Crippen LogP contribution in [0.15, 0.2) is 53.5 Å². The van der Waals surface area contributed by atoms with Gasteiger partial charge in [-0.3, -0.25) is 19.9 Å². The molecule has 0 saturated carbocycles. The smallest absolute Gasteiger partial charge is 0.270 e. The van der Waals surface area contributed by atoms with Crippen LogP contribution >= 0.6 is 0 Å². The number of nitro benzene ring substituents is 1. The largest absolute Gasteiger partial charge is 0.376 e. The summed E-state index contributed by atoms with van der Waals surface area (Å²) < 4.78 is 1.47. The Morgan fingerprint density at radius 2 is 2.04 bits per heavy atom. The van der Waals surface area contributed by atoms with Gasteiger partial charge in [-0.15, -0.1) is 0 Å². The van der Waals surface area contributed by atoms with Crippen molar-refractivity contribution in [2.24, 2.45) is 7.05 Å². The minimum atomic E-state index is -0.448. The van der Waals surface area contributed by atoms with Crippen molar-refractivity contribution in [1.82, 2.24) is 9.55 Å². The van der Waals surface area contributed by atoms with E-state index in [1.54, 1.807) is 19.3 Å². The molecular weight excluding hydrogens is 308 g/mol. The number of non-ortho nitro benzene ring substituents is 1. The number of anilines is 1. The first-order valence-electron chi connectivity index (χ1n) is 7.43. The van der Waals surface area contributed by atoms with Crippen LogP contribution in [-0.2, 0) is 7.05 Å². The zero-order valence-corrected chi connectivity index (χ0v) is 13.3. The summed E-state index contributed by atoms with van der Waals surface area (Å²) >= 11 is 0. The van der Waals surface area contributed by atoms with Gasteiger partial charge in [0, 0.05) is 42.5 Å². The van der Waals surface area contributed by atoms with Crippen molar-refractivity contribution in [2.45, 2.75) is 13.0 Å². The van der Waals surface area contributed by atoms with Gasteiger partial charge in [-0.25, -0.2) is 0 Å². The van der Waals surface area contributed by atoms with Crippen molar-refractivity contribution in [3.05, 3.63) is 74.8 Å². The van der Waals surface area contributed by atoms with Gasteiger partial charge in [0.05, 0.1) is 22.2 Å². The summed E-state index contributed by atoms with van der Waals surface area (Å²) in [5, 5.41) is 14.9. The number of nitrogens with zero attached hydrogens (tertiary/aromatic N) is 3. The van der Waals surface area contributed by atoms with Gasteiger partial charge < -0.3 is 9.88 Å². The van der Waals surface area contributed by atoms with Crippen LogP contribution in [-0.4, -0.2) is 14.5 Å². The van der Waals surface area contributed by atoms with E-state index in [1.165, 1.54) is 22.8 Å². The van der Waals surface area contributed by atoms with Crippen LogP contribution in [0.4, 0.5) is 11.4 Å². The SMILES string of the molecule is CC(Nc1cc(=O)n(C)c2ccc([N+](=O)[O-])cc12)c1ccccn1. The molecule has 0 spiro atoms. The molecule has 1 aromatic carbocycles. The van der Waals surface area contributed by atoms with E-state index in [1.807, 2.05) is 25.1 Å². The first kappa shape index (κ1) is 15.7. The maximum atomic E-state index is 12.2. The van der Waals surface area contributed by atoms with Crippen LogP contribution in [0.3, 0.4) is 0 Å². The molecule has 0 saturated heterocycles. The van der Waals surface area contributed by atoms with E-state index in [-0.39, 0.29) is 17.3 Å². The molecule has 0 amide bonds. The lowest BCUT2D eigenvalue weighted by atomic mass is 10.1. The lowest BCUT2D eigenvalue weighted by Crippen LogP contribution is -2.18. The van der Waals surface area contributed by atoms with E-state index < -0.39 is 4.92 Å². The molecule has 7 nitrogen and oxygen atoms in total. The second-order valence-electron chi connectivity index (χ2n) is 5.53. The van der Waals surface area contributed by atoms with Crippen LogP contribution in [0.5, 0.6) is 0 Å². The Labute approximate surface area is 137 Å². The van der Waals surface area contributed by atoms with Crippen molar-refractivity contribution >= 4 is 22.3 Å². The van der Waals surface area contributed by atoms with Gasteiger partial charge in [-0.2, -0.15) is 0 Å². The molecule has 1 N–H and O–H groups in total. The molecular formula is C17H16N4O3. The average Bonchev–Trinajstić information content (AvgIpc) is 2.59. The number of nitro groups is 1. The molecule has 1 unspecified atom stereocenters. The number of nitrogens with one attached hydrogen (secondary N) is 1. The number of benzene rings is 1. The van der Waals surface area contributed by atoms with Gasteiger partial charge in [-0.05, 0) is 25.1 Å². The maximum Gasteiger partial charge on any atom is 0.270 e. The molecule has 2 aromatic heterocycles. The van der Waals surface area contributed by atoms with Crippen LogP contribution in [0.25, 0.3) is 10.9 Å². The number of fused-ring (bicyclic) bond motifs is 1. The summed E-state index contributed by atoms with van der Waals surface area (Å²) in [6, 6.07) is 11.3. The topological polar surface area (TPSA) is 90.1 Å². The van der Waals surface area contributed by atoms with E-state index in [2.05, 4.69) is 10.3 Å². The molecule has 3 aromatic rings. The average molecular weight is 324 g/mol. The number of hydrogen-bond acceptors (Lipinski definition) is 5. The number of hydrogen-bond donors (Lipinski definition) is 1. The highest BCUT2D eigenvalue weighted by molar-refractivity contribution is 5.93. The monoisotopic (exact) mass is 324 g/mol. The van der Waals surface area contributed by atoms with E-state index in [0.717, 1.165) is 5.69 Å². The van der Waals surface area contributed by atoms with Gasteiger partial charge in [-0.1, -0.05) is 6.07 Å². The van der Waals surface area contributed by atoms with Crippen molar-refractivity contribution in [3.8, 4) is 0 Å². The van der Waals surface area contributed by atoms with Gasteiger partial charge in [0.25, 0.3) is 11.2 Å². The van der Waals surface area contributed by atoms with Gasteiger partial charge in [0.2, 0.25) is 0 Å². The van der Waals surface area contributed by atoms with Crippen LogP contribution in [0, 0.1) is 10.1 Å². The fourth-order valence-corrected chi connectivity index (χ4v) is 2.62. The third kappa shape index (κ3) is 2.83. The lowest BCUT2D eigenvalue weighted by Gasteiger charge is -2.17. The summed E-state index contributed by atoms with van der Waals surface area (Å²) in [6.07, 6.45) is 1.69. The second kappa shape index (κ2) is 6.11. The molecule has 7 heteroatoms. The van der Waals surface area contributed by atoms with Crippen LogP contribution in [0.2, 0.25) is 0 Å². The number of pyridine rings is 2. The lowest BCUT2D eigenvalue weighted by molar-refractivity contribution is -0.384. The van der Waals surface area contributed by atoms with Crippen molar-refractivity contribution in [3.63, 3.8) is 0 Å². The highest BCUT2D eigenvalue weighted by Gasteiger charge is 2.14.